The number of rotatable bonds is 3. The Hall–Kier alpha value is -2.40. The lowest BCUT2D eigenvalue weighted by atomic mass is 10.0. The molecular weight excluding hydrogens is 390 g/mol. The molecule has 0 bridgehead atoms. The number of carbonyl (C=O) groups is 1. The van der Waals surface area contributed by atoms with E-state index in [1.807, 2.05) is 59.0 Å². The molecule has 1 aliphatic heterocycles. The number of carbonyl (C=O) groups excluding carboxylic acids is 1. The number of halogens is 1. The van der Waals surface area contributed by atoms with Gasteiger partial charge in [0.05, 0.1) is 29.2 Å². The van der Waals surface area contributed by atoms with Crippen molar-refractivity contribution in [3.63, 3.8) is 0 Å². The Labute approximate surface area is 161 Å². The lowest BCUT2D eigenvalue weighted by Gasteiger charge is -2.25. The average molecular weight is 410 g/mol. The van der Waals surface area contributed by atoms with Gasteiger partial charge in [-0.2, -0.15) is 5.10 Å². The molecule has 1 saturated heterocycles. The van der Waals surface area contributed by atoms with Crippen molar-refractivity contribution in [2.75, 3.05) is 6.54 Å². The van der Waals surface area contributed by atoms with Crippen LogP contribution in [0.4, 0.5) is 0 Å². The van der Waals surface area contributed by atoms with Crippen LogP contribution in [-0.2, 0) is 0 Å². The second-order valence-corrected chi connectivity index (χ2v) is 7.51. The highest BCUT2D eigenvalue weighted by Gasteiger charge is 2.32. The molecule has 1 fully saturated rings. The summed E-state index contributed by atoms with van der Waals surface area (Å²) < 4.78 is 2.85. The molecule has 26 heavy (non-hydrogen) atoms. The summed E-state index contributed by atoms with van der Waals surface area (Å²) in [6.07, 6.45) is 3.74. The molecular formula is C21H20BrN3O. The number of aromatic nitrogens is 2. The van der Waals surface area contributed by atoms with Crippen molar-refractivity contribution in [3.8, 4) is 5.69 Å². The minimum absolute atomic E-state index is 0.0669. The van der Waals surface area contributed by atoms with Crippen molar-refractivity contribution in [2.24, 2.45) is 0 Å². The van der Waals surface area contributed by atoms with Crippen LogP contribution in [0.5, 0.6) is 0 Å². The molecule has 1 atom stereocenters. The van der Waals surface area contributed by atoms with Gasteiger partial charge in [-0.15, -0.1) is 0 Å². The van der Waals surface area contributed by atoms with Gasteiger partial charge in [-0.3, -0.25) is 4.79 Å². The van der Waals surface area contributed by atoms with Crippen LogP contribution >= 0.6 is 15.9 Å². The lowest BCUT2D eigenvalue weighted by Crippen LogP contribution is -2.30. The molecule has 4 nitrogen and oxygen atoms in total. The van der Waals surface area contributed by atoms with Crippen molar-refractivity contribution in [1.82, 2.24) is 14.7 Å². The highest BCUT2D eigenvalue weighted by Crippen LogP contribution is 2.33. The molecule has 5 heteroatoms. The summed E-state index contributed by atoms with van der Waals surface area (Å²) in [7, 11) is 0. The maximum atomic E-state index is 13.2. The van der Waals surface area contributed by atoms with Crippen LogP contribution in [0.15, 0.2) is 65.3 Å². The zero-order valence-corrected chi connectivity index (χ0v) is 16.2. The van der Waals surface area contributed by atoms with Gasteiger partial charge in [-0.25, -0.2) is 4.68 Å². The normalized spacial score (nSPS) is 16.8. The van der Waals surface area contributed by atoms with Crippen molar-refractivity contribution in [2.45, 2.75) is 25.8 Å². The summed E-state index contributed by atoms with van der Waals surface area (Å²) in [6.45, 7) is 2.75. The maximum absolute atomic E-state index is 13.2. The molecule has 0 radical (unpaired) electrons. The third-order valence-corrected chi connectivity index (χ3v) is 5.54. The SMILES string of the molecule is Cc1c(C(=O)N2CCC[C@H]2c2ccccc2)cnn1-c1ccc(Br)cc1. The standard InChI is InChI=1S/C21H20BrN3O/c1-15-19(14-23-25(15)18-11-9-17(22)10-12-18)21(26)24-13-5-8-20(24)16-6-3-2-4-7-16/h2-4,6-7,9-12,14,20H,5,8,13H2,1H3/t20-/m0/s1. The van der Waals surface area contributed by atoms with Gasteiger partial charge < -0.3 is 4.90 Å². The summed E-state index contributed by atoms with van der Waals surface area (Å²) >= 11 is 3.45. The molecule has 4 rings (SSSR count). The Morgan fingerprint density at radius 3 is 2.58 bits per heavy atom. The van der Waals surface area contributed by atoms with Crippen molar-refractivity contribution >= 4 is 21.8 Å². The molecule has 2 heterocycles. The van der Waals surface area contributed by atoms with E-state index in [2.05, 4.69) is 33.2 Å². The van der Waals surface area contributed by atoms with Gasteiger partial charge in [0.1, 0.15) is 0 Å². The fourth-order valence-corrected chi connectivity index (χ4v) is 3.91. The molecule has 0 aliphatic carbocycles. The van der Waals surface area contributed by atoms with Crippen LogP contribution in [0.2, 0.25) is 0 Å². The Bertz CT molecular complexity index is 918. The van der Waals surface area contributed by atoms with Crippen LogP contribution < -0.4 is 0 Å². The highest BCUT2D eigenvalue weighted by atomic mass is 79.9. The van der Waals surface area contributed by atoms with E-state index >= 15 is 0 Å². The number of benzene rings is 2. The summed E-state index contributed by atoms with van der Waals surface area (Å²) in [5.74, 6) is 0.0669. The van der Waals surface area contributed by atoms with Gasteiger partial charge in [-0.1, -0.05) is 46.3 Å². The molecule has 1 aliphatic rings. The Balaban J connectivity index is 1.63. The fraction of sp³-hybridized carbons (Fsp3) is 0.238. The average Bonchev–Trinajstić information content (AvgIpc) is 3.30. The van der Waals surface area contributed by atoms with E-state index in [1.54, 1.807) is 6.20 Å². The van der Waals surface area contributed by atoms with E-state index in [1.165, 1.54) is 5.56 Å². The fourth-order valence-electron chi connectivity index (χ4n) is 3.65. The van der Waals surface area contributed by atoms with Crippen LogP contribution in [0, 0.1) is 6.92 Å². The highest BCUT2D eigenvalue weighted by molar-refractivity contribution is 9.10. The summed E-state index contributed by atoms with van der Waals surface area (Å²) in [4.78, 5) is 15.2. The van der Waals surface area contributed by atoms with Crippen LogP contribution in [0.3, 0.4) is 0 Å². The van der Waals surface area contributed by atoms with Crippen LogP contribution in [0.1, 0.15) is 40.5 Å². The summed E-state index contributed by atoms with van der Waals surface area (Å²) in [6, 6.07) is 18.4. The molecule has 0 spiro atoms. The summed E-state index contributed by atoms with van der Waals surface area (Å²) in [5.41, 5.74) is 3.70. The monoisotopic (exact) mass is 409 g/mol. The van der Waals surface area contributed by atoms with Gasteiger partial charge in [0.2, 0.25) is 0 Å². The van der Waals surface area contributed by atoms with E-state index in [0.29, 0.717) is 5.56 Å². The van der Waals surface area contributed by atoms with Crippen LogP contribution in [0.25, 0.3) is 5.69 Å². The lowest BCUT2D eigenvalue weighted by molar-refractivity contribution is 0.0735. The molecule has 2 aromatic carbocycles. The quantitative estimate of drug-likeness (QED) is 0.615. The molecule has 0 saturated carbocycles. The predicted molar refractivity (Wildman–Crippen MR) is 105 cm³/mol. The second kappa shape index (κ2) is 7.08. The number of hydrogen-bond donors (Lipinski definition) is 0. The zero-order valence-electron chi connectivity index (χ0n) is 14.6. The largest absolute Gasteiger partial charge is 0.331 e. The first-order valence-corrected chi connectivity index (χ1v) is 9.61. The molecule has 3 aromatic rings. The topological polar surface area (TPSA) is 38.1 Å². The molecule has 1 aromatic heterocycles. The van der Waals surface area contributed by atoms with Crippen molar-refractivity contribution in [3.05, 3.63) is 82.1 Å². The predicted octanol–water partition coefficient (Wildman–Crippen LogP) is 4.92. The summed E-state index contributed by atoms with van der Waals surface area (Å²) in [5, 5.41) is 4.46. The first kappa shape index (κ1) is 17.0. The smallest absolute Gasteiger partial charge is 0.257 e. The van der Waals surface area contributed by atoms with E-state index < -0.39 is 0 Å². The van der Waals surface area contributed by atoms with E-state index in [4.69, 9.17) is 0 Å². The first-order chi connectivity index (χ1) is 12.6. The minimum atomic E-state index is 0.0669. The van der Waals surface area contributed by atoms with E-state index in [-0.39, 0.29) is 11.9 Å². The minimum Gasteiger partial charge on any atom is -0.331 e. The Kier molecular flexibility index (Phi) is 4.64. The Morgan fingerprint density at radius 2 is 1.85 bits per heavy atom. The zero-order chi connectivity index (χ0) is 18.1. The van der Waals surface area contributed by atoms with Gasteiger partial charge >= 0.3 is 0 Å². The van der Waals surface area contributed by atoms with Crippen LogP contribution in [-0.4, -0.2) is 27.1 Å². The van der Waals surface area contributed by atoms with Gasteiger partial charge in [0.25, 0.3) is 5.91 Å². The number of amides is 1. The van der Waals surface area contributed by atoms with E-state index in [0.717, 1.165) is 35.2 Å². The molecule has 0 N–H and O–H groups in total. The van der Waals surface area contributed by atoms with E-state index in [9.17, 15) is 4.79 Å². The van der Waals surface area contributed by atoms with Gasteiger partial charge in [0.15, 0.2) is 0 Å². The molecule has 0 unspecified atom stereocenters. The van der Waals surface area contributed by atoms with Crippen molar-refractivity contribution < 1.29 is 4.79 Å². The number of likely N-dealkylation sites (tertiary alicyclic amines) is 1. The number of hydrogen-bond acceptors (Lipinski definition) is 2. The Morgan fingerprint density at radius 1 is 1.12 bits per heavy atom. The second-order valence-electron chi connectivity index (χ2n) is 6.60. The first-order valence-electron chi connectivity index (χ1n) is 8.81. The maximum Gasteiger partial charge on any atom is 0.257 e. The molecule has 132 valence electrons. The number of nitrogens with zero attached hydrogens (tertiary/aromatic N) is 3. The third-order valence-electron chi connectivity index (χ3n) is 5.01. The van der Waals surface area contributed by atoms with Crippen molar-refractivity contribution in [1.29, 1.82) is 0 Å². The third kappa shape index (κ3) is 3.07. The molecule has 1 amide bonds. The van der Waals surface area contributed by atoms with Gasteiger partial charge in [-0.05, 0) is 49.6 Å². The van der Waals surface area contributed by atoms with Gasteiger partial charge in [0, 0.05) is 11.0 Å².